The van der Waals surface area contributed by atoms with Crippen molar-refractivity contribution in [3.63, 3.8) is 0 Å². The lowest BCUT2D eigenvalue weighted by Crippen LogP contribution is -2.23. The number of phenols is 1. The molecule has 0 spiro atoms. The fourth-order valence-electron chi connectivity index (χ4n) is 3.72. The quantitative estimate of drug-likeness (QED) is 0.489. The van der Waals surface area contributed by atoms with E-state index in [2.05, 4.69) is 5.32 Å². The van der Waals surface area contributed by atoms with E-state index in [1.807, 2.05) is 43.3 Å². The molecule has 6 nitrogen and oxygen atoms in total. The Morgan fingerprint density at radius 2 is 1.82 bits per heavy atom. The summed E-state index contributed by atoms with van der Waals surface area (Å²) in [6, 6.07) is 19.2. The number of amides is 1. The first-order valence-corrected chi connectivity index (χ1v) is 10.8. The summed E-state index contributed by atoms with van der Waals surface area (Å²) in [5.41, 5.74) is 3.04. The number of carbonyl (C=O) groups excluding carboxylic acids is 2. The molecular formula is C27H25NO5. The first kappa shape index (κ1) is 22.1. The van der Waals surface area contributed by atoms with E-state index < -0.39 is 6.10 Å². The van der Waals surface area contributed by atoms with E-state index in [-0.39, 0.29) is 17.4 Å². The van der Waals surface area contributed by atoms with E-state index in [1.54, 1.807) is 31.4 Å². The molecule has 1 unspecified atom stereocenters. The van der Waals surface area contributed by atoms with Gasteiger partial charge in [-0.15, -0.1) is 0 Å². The van der Waals surface area contributed by atoms with Crippen molar-refractivity contribution in [1.29, 1.82) is 0 Å². The number of hydrogen-bond acceptors (Lipinski definition) is 5. The van der Waals surface area contributed by atoms with Gasteiger partial charge >= 0.3 is 0 Å². The normalized spacial score (nSPS) is 16.1. The molecule has 0 fully saturated rings. The Morgan fingerprint density at radius 3 is 2.48 bits per heavy atom. The number of fused-ring (bicyclic) bond motifs is 1. The Kier molecular flexibility index (Phi) is 6.45. The number of anilines is 1. The number of benzene rings is 3. The van der Waals surface area contributed by atoms with Crippen molar-refractivity contribution in [3.05, 3.63) is 89.0 Å². The van der Waals surface area contributed by atoms with Crippen molar-refractivity contribution in [1.82, 2.24) is 0 Å². The smallest absolute Gasteiger partial charge is 0.224 e. The molecule has 2 N–H and O–H groups in total. The average molecular weight is 443 g/mol. The lowest BCUT2D eigenvalue weighted by atomic mass is 9.89. The van der Waals surface area contributed by atoms with Crippen LogP contribution in [0.5, 0.6) is 17.2 Å². The third-order valence-electron chi connectivity index (χ3n) is 5.41. The van der Waals surface area contributed by atoms with E-state index in [9.17, 15) is 14.7 Å². The molecule has 0 aliphatic carbocycles. The van der Waals surface area contributed by atoms with E-state index in [0.717, 1.165) is 23.3 Å². The molecule has 0 aromatic heterocycles. The van der Waals surface area contributed by atoms with Crippen LogP contribution in [0.3, 0.4) is 0 Å². The molecule has 0 saturated heterocycles. The number of aromatic hydroxyl groups is 1. The van der Waals surface area contributed by atoms with Crippen LogP contribution in [0.15, 0.2) is 72.3 Å². The molecule has 33 heavy (non-hydrogen) atoms. The molecule has 1 aliphatic heterocycles. The van der Waals surface area contributed by atoms with Crippen molar-refractivity contribution in [3.8, 4) is 17.2 Å². The summed E-state index contributed by atoms with van der Waals surface area (Å²) in [5, 5.41) is 12.8. The van der Waals surface area contributed by atoms with Gasteiger partial charge < -0.3 is 19.9 Å². The van der Waals surface area contributed by atoms with Crippen LogP contribution in [0.2, 0.25) is 0 Å². The van der Waals surface area contributed by atoms with E-state index in [1.165, 1.54) is 12.1 Å². The maximum absolute atomic E-state index is 13.4. The molecule has 0 radical (unpaired) electrons. The van der Waals surface area contributed by atoms with Crippen LogP contribution >= 0.6 is 0 Å². The molecule has 3 aromatic rings. The number of rotatable bonds is 6. The summed E-state index contributed by atoms with van der Waals surface area (Å²) in [6.07, 6.45) is 2.38. The second-order valence-corrected chi connectivity index (χ2v) is 7.80. The van der Waals surface area contributed by atoms with Crippen LogP contribution < -0.4 is 14.8 Å². The minimum absolute atomic E-state index is 0.000112. The highest BCUT2D eigenvalue weighted by Crippen LogP contribution is 2.40. The molecule has 0 saturated carbocycles. The lowest BCUT2D eigenvalue weighted by Gasteiger charge is -2.28. The molecule has 0 bridgehead atoms. The minimum Gasteiger partial charge on any atom is -0.508 e. The zero-order chi connectivity index (χ0) is 23.4. The summed E-state index contributed by atoms with van der Waals surface area (Å²) in [7, 11) is 1.60. The third-order valence-corrected chi connectivity index (χ3v) is 5.41. The Bertz CT molecular complexity index is 1200. The van der Waals surface area contributed by atoms with Gasteiger partial charge in [0.2, 0.25) is 5.91 Å². The number of hydrogen-bond donors (Lipinski definition) is 2. The van der Waals surface area contributed by atoms with Crippen molar-refractivity contribution >= 4 is 23.5 Å². The molecule has 168 valence electrons. The first-order chi connectivity index (χ1) is 16.0. The Labute approximate surface area is 192 Å². The van der Waals surface area contributed by atoms with Crippen molar-refractivity contribution in [2.75, 3.05) is 12.4 Å². The maximum Gasteiger partial charge on any atom is 0.224 e. The van der Waals surface area contributed by atoms with Gasteiger partial charge in [0.25, 0.3) is 0 Å². The second-order valence-electron chi connectivity index (χ2n) is 7.80. The summed E-state index contributed by atoms with van der Waals surface area (Å²) >= 11 is 0. The fourth-order valence-corrected chi connectivity index (χ4v) is 3.72. The van der Waals surface area contributed by atoms with Gasteiger partial charge in [-0.1, -0.05) is 31.2 Å². The molecule has 3 aromatic carbocycles. The van der Waals surface area contributed by atoms with Gasteiger partial charge in [-0.25, -0.2) is 0 Å². The fraction of sp³-hybridized carbons (Fsp3) is 0.185. The summed E-state index contributed by atoms with van der Waals surface area (Å²) in [4.78, 5) is 25.3. The second kappa shape index (κ2) is 9.61. The highest BCUT2D eigenvalue weighted by molar-refractivity contribution is 6.15. The topological polar surface area (TPSA) is 84.9 Å². The van der Waals surface area contributed by atoms with Crippen LogP contribution in [-0.4, -0.2) is 23.9 Å². The zero-order valence-corrected chi connectivity index (χ0v) is 18.5. The Morgan fingerprint density at radius 1 is 1.09 bits per heavy atom. The van der Waals surface area contributed by atoms with Gasteiger partial charge in [0, 0.05) is 17.7 Å². The van der Waals surface area contributed by atoms with Gasteiger partial charge in [-0.2, -0.15) is 0 Å². The lowest BCUT2D eigenvalue weighted by molar-refractivity contribution is -0.116. The number of methoxy groups -OCH3 is 1. The van der Waals surface area contributed by atoms with Crippen LogP contribution in [0.25, 0.3) is 6.08 Å². The van der Waals surface area contributed by atoms with Crippen LogP contribution in [0, 0.1) is 0 Å². The highest BCUT2D eigenvalue weighted by atomic mass is 16.5. The number of carbonyl (C=O) groups is 2. The van der Waals surface area contributed by atoms with Crippen LogP contribution in [0.4, 0.5) is 5.69 Å². The van der Waals surface area contributed by atoms with Gasteiger partial charge in [0.05, 0.1) is 12.7 Å². The predicted molar refractivity (Wildman–Crippen MR) is 127 cm³/mol. The number of ketones is 1. The van der Waals surface area contributed by atoms with Crippen molar-refractivity contribution in [2.24, 2.45) is 0 Å². The number of ether oxygens (including phenoxy) is 2. The number of nitrogens with one attached hydrogen (secondary N) is 1. The number of Topliss-reactive ketones (excluding diaryl/α,β-unsaturated/α-hetero) is 1. The maximum atomic E-state index is 13.4. The van der Waals surface area contributed by atoms with E-state index in [4.69, 9.17) is 9.47 Å². The molecule has 4 rings (SSSR count). The van der Waals surface area contributed by atoms with Crippen LogP contribution in [-0.2, 0) is 4.79 Å². The van der Waals surface area contributed by atoms with Gasteiger partial charge in [0.1, 0.15) is 17.2 Å². The zero-order valence-electron chi connectivity index (χ0n) is 18.5. The molecule has 6 heteroatoms. The monoisotopic (exact) mass is 443 g/mol. The molecule has 1 aliphatic rings. The molecule has 1 heterocycles. The molecule has 1 amide bonds. The SMILES string of the molecule is CCCC(=O)Nc1ccc(C2Oc3ccc(O)cc3C(=O)C2=Cc2ccc(OC)cc2)cc1. The van der Waals surface area contributed by atoms with Crippen molar-refractivity contribution in [2.45, 2.75) is 25.9 Å². The van der Waals surface area contributed by atoms with Gasteiger partial charge in [0.15, 0.2) is 11.9 Å². The first-order valence-electron chi connectivity index (χ1n) is 10.8. The van der Waals surface area contributed by atoms with E-state index >= 15 is 0 Å². The third kappa shape index (κ3) is 4.90. The molecule has 1 atom stereocenters. The van der Waals surface area contributed by atoms with E-state index in [0.29, 0.717) is 29.0 Å². The Balaban J connectivity index is 1.71. The standard InChI is InChI=1S/C27H25NO5/c1-3-4-25(30)28-19-9-7-18(8-10-19)27-23(15-17-5-12-21(32-2)13-6-17)26(31)22-16-20(29)11-14-24(22)33-27/h5-16,27,29H,3-4H2,1-2H3,(H,28,30). The van der Waals surface area contributed by atoms with Gasteiger partial charge in [-0.05, 0) is 66.1 Å². The number of phenolic OH excluding ortho intramolecular Hbond substituents is 1. The largest absolute Gasteiger partial charge is 0.508 e. The van der Waals surface area contributed by atoms with Crippen molar-refractivity contribution < 1.29 is 24.2 Å². The minimum atomic E-state index is -0.642. The Hall–Kier alpha value is -4.06. The summed E-state index contributed by atoms with van der Waals surface area (Å²) in [6.45, 7) is 1.95. The van der Waals surface area contributed by atoms with Gasteiger partial charge in [-0.3, -0.25) is 9.59 Å². The predicted octanol–water partition coefficient (Wildman–Crippen LogP) is 5.54. The molecular weight excluding hydrogens is 418 g/mol. The summed E-state index contributed by atoms with van der Waals surface area (Å²) < 4.78 is 11.4. The van der Waals surface area contributed by atoms with Crippen LogP contribution in [0.1, 0.15) is 47.4 Å². The average Bonchev–Trinajstić information content (AvgIpc) is 2.82. The highest BCUT2D eigenvalue weighted by Gasteiger charge is 2.33. The summed E-state index contributed by atoms with van der Waals surface area (Å²) in [5.74, 6) is 0.877.